The molecule has 0 bridgehead atoms. The quantitative estimate of drug-likeness (QED) is 0.661. The van der Waals surface area contributed by atoms with Gasteiger partial charge in [-0.3, -0.25) is 0 Å². The Morgan fingerprint density at radius 3 is 2.88 bits per heavy atom. The zero-order valence-corrected chi connectivity index (χ0v) is 11.3. The molecule has 0 radical (unpaired) electrons. The third kappa shape index (κ3) is 3.21. The standard InChI is InChI=1S/C14H27NO2/c1-3-6-14(11-15-8-10-16-2)7-9-17-13(14)12-4-5-12/h12-13,15H,3-11H2,1-2H3. The van der Waals surface area contributed by atoms with Crippen molar-refractivity contribution in [2.24, 2.45) is 11.3 Å². The molecule has 1 heterocycles. The predicted molar refractivity (Wildman–Crippen MR) is 69.2 cm³/mol. The Hall–Kier alpha value is -0.120. The van der Waals surface area contributed by atoms with Crippen molar-refractivity contribution < 1.29 is 9.47 Å². The van der Waals surface area contributed by atoms with Gasteiger partial charge in [0.1, 0.15) is 0 Å². The van der Waals surface area contributed by atoms with Crippen molar-refractivity contribution in [3.63, 3.8) is 0 Å². The number of hydrogen-bond donors (Lipinski definition) is 1. The Labute approximate surface area is 105 Å². The normalized spacial score (nSPS) is 33.2. The molecule has 1 saturated carbocycles. The highest BCUT2D eigenvalue weighted by Gasteiger charge is 2.49. The van der Waals surface area contributed by atoms with Gasteiger partial charge in [-0.15, -0.1) is 0 Å². The van der Waals surface area contributed by atoms with E-state index in [1.807, 2.05) is 0 Å². The van der Waals surface area contributed by atoms with Crippen LogP contribution in [0.25, 0.3) is 0 Å². The highest BCUT2D eigenvalue weighted by Crippen LogP contribution is 2.49. The van der Waals surface area contributed by atoms with Crippen LogP contribution in [0.5, 0.6) is 0 Å². The van der Waals surface area contributed by atoms with E-state index in [2.05, 4.69) is 12.2 Å². The molecule has 2 fully saturated rings. The third-order valence-electron chi connectivity index (χ3n) is 4.26. The summed E-state index contributed by atoms with van der Waals surface area (Å²) in [5.41, 5.74) is 0.406. The minimum atomic E-state index is 0.406. The lowest BCUT2D eigenvalue weighted by Gasteiger charge is -2.34. The lowest BCUT2D eigenvalue weighted by atomic mass is 9.75. The molecule has 1 aliphatic carbocycles. The molecular weight excluding hydrogens is 214 g/mol. The van der Waals surface area contributed by atoms with Gasteiger partial charge in [0.25, 0.3) is 0 Å². The van der Waals surface area contributed by atoms with Gasteiger partial charge < -0.3 is 14.8 Å². The molecule has 17 heavy (non-hydrogen) atoms. The van der Waals surface area contributed by atoms with Crippen molar-refractivity contribution in [1.82, 2.24) is 5.32 Å². The van der Waals surface area contributed by atoms with E-state index in [4.69, 9.17) is 9.47 Å². The topological polar surface area (TPSA) is 30.5 Å². The molecule has 2 atom stereocenters. The van der Waals surface area contributed by atoms with Crippen LogP contribution in [-0.4, -0.2) is 39.5 Å². The Morgan fingerprint density at radius 1 is 1.41 bits per heavy atom. The Kier molecular flexibility index (Phi) is 4.83. The van der Waals surface area contributed by atoms with Crippen LogP contribution in [-0.2, 0) is 9.47 Å². The second-order valence-electron chi connectivity index (χ2n) is 5.66. The molecule has 2 rings (SSSR count). The minimum Gasteiger partial charge on any atom is -0.383 e. The van der Waals surface area contributed by atoms with Crippen LogP contribution >= 0.6 is 0 Å². The van der Waals surface area contributed by atoms with E-state index in [9.17, 15) is 0 Å². The average molecular weight is 241 g/mol. The van der Waals surface area contributed by atoms with Crippen LogP contribution < -0.4 is 5.32 Å². The van der Waals surface area contributed by atoms with Gasteiger partial charge in [0.2, 0.25) is 0 Å². The fourth-order valence-corrected chi connectivity index (χ4v) is 3.30. The number of nitrogens with one attached hydrogen (secondary N) is 1. The van der Waals surface area contributed by atoms with E-state index in [0.717, 1.165) is 32.2 Å². The number of hydrogen-bond acceptors (Lipinski definition) is 3. The van der Waals surface area contributed by atoms with Crippen LogP contribution in [0, 0.1) is 11.3 Å². The van der Waals surface area contributed by atoms with E-state index in [1.54, 1.807) is 7.11 Å². The highest BCUT2D eigenvalue weighted by molar-refractivity contribution is 5.00. The van der Waals surface area contributed by atoms with Gasteiger partial charge in [-0.05, 0) is 31.6 Å². The first kappa shape index (κ1) is 13.3. The summed E-state index contributed by atoms with van der Waals surface area (Å²) >= 11 is 0. The number of methoxy groups -OCH3 is 1. The van der Waals surface area contributed by atoms with Gasteiger partial charge in [0, 0.05) is 32.2 Å². The Morgan fingerprint density at radius 2 is 2.24 bits per heavy atom. The molecular formula is C14H27NO2. The first-order valence-electron chi connectivity index (χ1n) is 7.13. The van der Waals surface area contributed by atoms with E-state index >= 15 is 0 Å². The number of ether oxygens (including phenoxy) is 2. The summed E-state index contributed by atoms with van der Waals surface area (Å²) in [5.74, 6) is 0.855. The molecule has 0 aromatic rings. The largest absolute Gasteiger partial charge is 0.383 e. The van der Waals surface area contributed by atoms with Gasteiger partial charge in [0.15, 0.2) is 0 Å². The molecule has 3 nitrogen and oxygen atoms in total. The molecule has 1 saturated heterocycles. The van der Waals surface area contributed by atoms with Crippen molar-refractivity contribution in [1.29, 1.82) is 0 Å². The molecule has 0 aromatic heterocycles. The summed E-state index contributed by atoms with van der Waals surface area (Å²) in [6.07, 6.45) is 7.09. The summed E-state index contributed by atoms with van der Waals surface area (Å²) in [7, 11) is 1.76. The van der Waals surface area contributed by atoms with Crippen LogP contribution in [0.4, 0.5) is 0 Å². The summed E-state index contributed by atoms with van der Waals surface area (Å²) < 4.78 is 11.1. The van der Waals surface area contributed by atoms with Crippen molar-refractivity contribution in [3.05, 3.63) is 0 Å². The fraction of sp³-hybridized carbons (Fsp3) is 1.00. The lowest BCUT2D eigenvalue weighted by molar-refractivity contribution is 0.0255. The zero-order valence-electron chi connectivity index (χ0n) is 11.3. The monoisotopic (exact) mass is 241 g/mol. The molecule has 2 aliphatic rings. The van der Waals surface area contributed by atoms with Gasteiger partial charge in [-0.25, -0.2) is 0 Å². The maximum absolute atomic E-state index is 6.03. The third-order valence-corrected chi connectivity index (χ3v) is 4.26. The van der Waals surface area contributed by atoms with Crippen LogP contribution in [0.3, 0.4) is 0 Å². The molecule has 0 spiro atoms. The smallest absolute Gasteiger partial charge is 0.0672 e. The van der Waals surface area contributed by atoms with Crippen LogP contribution in [0.1, 0.15) is 39.0 Å². The Balaban J connectivity index is 1.88. The molecule has 1 N–H and O–H groups in total. The predicted octanol–water partition coefficient (Wildman–Crippen LogP) is 2.21. The Bertz CT molecular complexity index is 230. The molecule has 0 aromatic carbocycles. The van der Waals surface area contributed by atoms with Crippen LogP contribution in [0.15, 0.2) is 0 Å². The van der Waals surface area contributed by atoms with Crippen molar-refractivity contribution in [2.45, 2.75) is 45.1 Å². The van der Waals surface area contributed by atoms with Gasteiger partial charge in [-0.1, -0.05) is 13.3 Å². The molecule has 3 heteroatoms. The number of rotatable bonds is 8. The SMILES string of the molecule is CCCC1(CNCCOC)CCOC1C1CC1. The van der Waals surface area contributed by atoms with Crippen LogP contribution in [0.2, 0.25) is 0 Å². The second-order valence-corrected chi connectivity index (χ2v) is 5.66. The summed E-state index contributed by atoms with van der Waals surface area (Å²) in [5, 5.41) is 3.56. The van der Waals surface area contributed by atoms with Crippen molar-refractivity contribution in [2.75, 3.05) is 33.4 Å². The van der Waals surface area contributed by atoms with E-state index in [-0.39, 0.29) is 0 Å². The summed E-state index contributed by atoms with van der Waals surface area (Å²) in [4.78, 5) is 0. The lowest BCUT2D eigenvalue weighted by Crippen LogP contribution is -2.42. The van der Waals surface area contributed by atoms with E-state index in [1.165, 1.54) is 32.1 Å². The molecule has 0 amide bonds. The maximum Gasteiger partial charge on any atom is 0.0672 e. The minimum absolute atomic E-state index is 0.406. The second kappa shape index (κ2) is 6.17. The van der Waals surface area contributed by atoms with Crippen molar-refractivity contribution in [3.8, 4) is 0 Å². The molecule has 100 valence electrons. The van der Waals surface area contributed by atoms with Gasteiger partial charge in [0.05, 0.1) is 12.7 Å². The summed E-state index contributed by atoms with van der Waals surface area (Å²) in [6.45, 7) is 6.12. The van der Waals surface area contributed by atoms with Crippen molar-refractivity contribution >= 4 is 0 Å². The van der Waals surface area contributed by atoms with Gasteiger partial charge in [-0.2, -0.15) is 0 Å². The molecule has 1 aliphatic heterocycles. The first-order valence-corrected chi connectivity index (χ1v) is 7.13. The highest BCUT2D eigenvalue weighted by atomic mass is 16.5. The first-order chi connectivity index (χ1) is 8.32. The van der Waals surface area contributed by atoms with E-state index in [0.29, 0.717) is 11.5 Å². The average Bonchev–Trinajstić information content (AvgIpc) is 3.09. The van der Waals surface area contributed by atoms with Gasteiger partial charge >= 0.3 is 0 Å². The van der Waals surface area contributed by atoms with E-state index < -0.39 is 0 Å². The maximum atomic E-state index is 6.03. The summed E-state index contributed by atoms with van der Waals surface area (Å²) in [6, 6.07) is 0. The zero-order chi connectivity index (χ0) is 12.1. The molecule has 2 unspecified atom stereocenters. The fourth-order valence-electron chi connectivity index (χ4n) is 3.30.